The zero-order chi connectivity index (χ0) is 15.8. The Morgan fingerprint density at radius 2 is 2.05 bits per heavy atom. The normalized spacial score (nSPS) is 23.2. The molecule has 0 aliphatic carbocycles. The molecule has 0 radical (unpaired) electrons. The molecule has 2 unspecified atom stereocenters. The predicted octanol–water partition coefficient (Wildman–Crippen LogP) is 4.09. The molecule has 1 aromatic rings. The van der Waals surface area contributed by atoms with Crippen LogP contribution in [-0.2, 0) is 6.18 Å². The molecule has 21 heavy (non-hydrogen) atoms. The van der Waals surface area contributed by atoms with Gasteiger partial charge in [-0.3, -0.25) is 4.79 Å². The number of hydrogen-bond acceptors (Lipinski definition) is 1. The highest BCUT2D eigenvalue weighted by Gasteiger charge is 2.37. The highest BCUT2D eigenvalue weighted by atomic mass is 79.9. The van der Waals surface area contributed by atoms with Gasteiger partial charge in [-0.15, -0.1) is 0 Å². The molecule has 1 aliphatic rings. The van der Waals surface area contributed by atoms with Crippen LogP contribution in [0.4, 0.5) is 17.6 Å². The Morgan fingerprint density at radius 3 is 2.62 bits per heavy atom. The van der Waals surface area contributed by atoms with Crippen molar-refractivity contribution in [2.45, 2.75) is 24.3 Å². The number of rotatable bonds is 1. The van der Waals surface area contributed by atoms with Crippen LogP contribution in [0.2, 0.25) is 0 Å². The summed E-state index contributed by atoms with van der Waals surface area (Å²) in [5.74, 6) is -1.84. The van der Waals surface area contributed by atoms with E-state index in [-0.39, 0.29) is 4.83 Å². The Balaban J connectivity index is 2.28. The largest absolute Gasteiger partial charge is 0.419 e. The van der Waals surface area contributed by atoms with Gasteiger partial charge >= 0.3 is 6.18 Å². The molecule has 0 aromatic heterocycles. The fourth-order valence-corrected chi connectivity index (χ4v) is 2.91. The van der Waals surface area contributed by atoms with Crippen LogP contribution < -0.4 is 0 Å². The topological polar surface area (TPSA) is 20.3 Å². The van der Waals surface area contributed by atoms with Crippen LogP contribution in [0.5, 0.6) is 0 Å². The highest BCUT2D eigenvalue weighted by Crippen LogP contribution is 2.33. The summed E-state index contributed by atoms with van der Waals surface area (Å²) in [7, 11) is 0. The lowest BCUT2D eigenvalue weighted by Gasteiger charge is -2.34. The summed E-state index contributed by atoms with van der Waals surface area (Å²) in [5.41, 5.74) is -1.94. The number of benzene rings is 1. The molecule has 1 aromatic carbocycles. The van der Waals surface area contributed by atoms with Crippen molar-refractivity contribution >= 4 is 21.8 Å². The summed E-state index contributed by atoms with van der Waals surface area (Å²) in [4.78, 5) is 13.7. The zero-order valence-corrected chi connectivity index (χ0v) is 12.8. The number of carbonyl (C=O) groups excluding carboxylic acids is 1. The molecular formula is C14H14BrF4NO. The van der Waals surface area contributed by atoms with E-state index >= 15 is 0 Å². The Hall–Kier alpha value is -1.11. The minimum atomic E-state index is -4.81. The van der Waals surface area contributed by atoms with E-state index in [2.05, 4.69) is 15.9 Å². The maximum Gasteiger partial charge on any atom is 0.419 e. The van der Waals surface area contributed by atoms with Crippen LogP contribution in [0, 0.1) is 11.7 Å². The fraction of sp³-hybridized carbons (Fsp3) is 0.500. The van der Waals surface area contributed by atoms with Gasteiger partial charge in [0.1, 0.15) is 5.82 Å². The van der Waals surface area contributed by atoms with E-state index in [1.54, 1.807) is 0 Å². The second kappa shape index (κ2) is 5.94. The Kier molecular flexibility index (Phi) is 4.60. The highest BCUT2D eigenvalue weighted by molar-refractivity contribution is 9.09. The summed E-state index contributed by atoms with van der Waals surface area (Å²) in [6.07, 6.45) is -4.09. The van der Waals surface area contributed by atoms with Gasteiger partial charge in [-0.05, 0) is 24.5 Å². The first kappa shape index (κ1) is 16.3. The summed E-state index contributed by atoms with van der Waals surface area (Å²) >= 11 is 3.43. The number of amides is 1. The summed E-state index contributed by atoms with van der Waals surface area (Å²) in [5, 5.41) is 0. The molecule has 1 fully saturated rings. The van der Waals surface area contributed by atoms with Crippen molar-refractivity contribution in [3.63, 3.8) is 0 Å². The molecule has 2 rings (SSSR count). The Labute approximate surface area is 128 Å². The van der Waals surface area contributed by atoms with E-state index in [0.29, 0.717) is 25.1 Å². The summed E-state index contributed by atoms with van der Waals surface area (Å²) in [6, 6.07) is 2.78. The van der Waals surface area contributed by atoms with Crippen molar-refractivity contribution in [1.29, 1.82) is 0 Å². The van der Waals surface area contributed by atoms with Gasteiger partial charge in [-0.25, -0.2) is 4.39 Å². The van der Waals surface area contributed by atoms with Crippen molar-refractivity contribution in [2.24, 2.45) is 5.92 Å². The third kappa shape index (κ3) is 3.39. The smallest absolute Gasteiger partial charge is 0.337 e. The van der Waals surface area contributed by atoms with Crippen LogP contribution >= 0.6 is 15.9 Å². The van der Waals surface area contributed by atoms with Gasteiger partial charge in [-0.1, -0.05) is 28.9 Å². The summed E-state index contributed by atoms with van der Waals surface area (Å²) < 4.78 is 52.0. The lowest BCUT2D eigenvalue weighted by Crippen LogP contribution is -2.44. The van der Waals surface area contributed by atoms with Crippen LogP contribution in [0.3, 0.4) is 0 Å². The maximum absolute atomic E-state index is 14.0. The lowest BCUT2D eigenvalue weighted by atomic mass is 9.98. The third-order valence-corrected chi connectivity index (χ3v) is 4.88. The van der Waals surface area contributed by atoms with E-state index < -0.39 is 29.0 Å². The standard InChI is InChI=1S/C14H14BrF4NO/c1-8-5-6-20(7-11(8)15)13(21)9-3-2-4-10(12(9)16)14(17,18)19/h2-4,8,11H,5-7H2,1H3. The van der Waals surface area contributed by atoms with Crippen LogP contribution in [-0.4, -0.2) is 28.7 Å². The minimum absolute atomic E-state index is 0.0593. The van der Waals surface area contributed by atoms with Crippen molar-refractivity contribution in [3.05, 3.63) is 35.1 Å². The monoisotopic (exact) mass is 367 g/mol. The van der Waals surface area contributed by atoms with Crippen LogP contribution in [0.1, 0.15) is 29.3 Å². The molecule has 0 bridgehead atoms. The molecule has 2 nitrogen and oxygen atoms in total. The minimum Gasteiger partial charge on any atom is -0.337 e. The molecule has 0 spiro atoms. The van der Waals surface area contributed by atoms with Crippen molar-refractivity contribution in [2.75, 3.05) is 13.1 Å². The van der Waals surface area contributed by atoms with E-state index in [0.717, 1.165) is 18.6 Å². The Morgan fingerprint density at radius 1 is 1.38 bits per heavy atom. The van der Waals surface area contributed by atoms with Crippen LogP contribution in [0.25, 0.3) is 0 Å². The first-order valence-electron chi connectivity index (χ1n) is 6.51. The first-order valence-corrected chi connectivity index (χ1v) is 7.42. The molecule has 1 saturated heterocycles. The molecule has 2 atom stereocenters. The van der Waals surface area contributed by atoms with E-state index in [1.807, 2.05) is 6.92 Å². The second-order valence-electron chi connectivity index (χ2n) is 5.20. The van der Waals surface area contributed by atoms with Gasteiger partial charge in [0.2, 0.25) is 0 Å². The quantitative estimate of drug-likeness (QED) is 0.540. The van der Waals surface area contributed by atoms with Gasteiger partial charge in [-0.2, -0.15) is 13.2 Å². The van der Waals surface area contributed by atoms with Gasteiger partial charge in [0.05, 0.1) is 11.1 Å². The zero-order valence-electron chi connectivity index (χ0n) is 11.3. The summed E-state index contributed by atoms with van der Waals surface area (Å²) in [6.45, 7) is 2.79. The van der Waals surface area contributed by atoms with Crippen molar-refractivity contribution in [1.82, 2.24) is 4.90 Å². The molecule has 0 saturated carbocycles. The van der Waals surface area contributed by atoms with E-state index in [1.165, 1.54) is 4.90 Å². The predicted molar refractivity (Wildman–Crippen MR) is 73.8 cm³/mol. The molecule has 1 amide bonds. The number of halogens is 5. The fourth-order valence-electron chi connectivity index (χ4n) is 2.29. The first-order chi connectivity index (χ1) is 9.71. The Bertz CT molecular complexity index is 546. The number of piperidine rings is 1. The van der Waals surface area contributed by atoms with Crippen molar-refractivity contribution < 1.29 is 22.4 Å². The number of hydrogen-bond donors (Lipinski definition) is 0. The van der Waals surface area contributed by atoms with Gasteiger partial charge in [0, 0.05) is 17.9 Å². The van der Waals surface area contributed by atoms with Gasteiger partial charge < -0.3 is 4.90 Å². The van der Waals surface area contributed by atoms with Crippen molar-refractivity contribution in [3.8, 4) is 0 Å². The van der Waals surface area contributed by atoms with Crippen LogP contribution in [0.15, 0.2) is 18.2 Å². The molecule has 1 heterocycles. The maximum atomic E-state index is 14.0. The molecule has 116 valence electrons. The van der Waals surface area contributed by atoms with E-state index in [4.69, 9.17) is 0 Å². The molecule has 0 N–H and O–H groups in total. The third-order valence-electron chi connectivity index (χ3n) is 3.69. The molecular weight excluding hydrogens is 354 g/mol. The average Bonchev–Trinajstić information content (AvgIpc) is 2.40. The molecule has 1 aliphatic heterocycles. The average molecular weight is 368 g/mol. The van der Waals surface area contributed by atoms with Gasteiger partial charge in [0.15, 0.2) is 0 Å². The SMILES string of the molecule is CC1CCN(C(=O)c2cccc(C(F)(F)F)c2F)CC1Br. The number of nitrogens with zero attached hydrogens (tertiary/aromatic N) is 1. The number of alkyl halides is 4. The van der Waals surface area contributed by atoms with Gasteiger partial charge in [0.25, 0.3) is 5.91 Å². The lowest BCUT2D eigenvalue weighted by molar-refractivity contribution is -0.140. The second-order valence-corrected chi connectivity index (χ2v) is 6.37. The molecule has 7 heteroatoms. The number of carbonyl (C=O) groups is 1. The van der Waals surface area contributed by atoms with E-state index in [9.17, 15) is 22.4 Å². The number of likely N-dealkylation sites (tertiary alicyclic amines) is 1.